The zero-order valence-electron chi connectivity index (χ0n) is 15.0. The lowest BCUT2D eigenvalue weighted by atomic mass is 10.1. The second kappa shape index (κ2) is 7.53. The van der Waals surface area contributed by atoms with E-state index in [0.717, 1.165) is 11.1 Å². The summed E-state index contributed by atoms with van der Waals surface area (Å²) in [5, 5.41) is 0. The Morgan fingerprint density at radius 3 is 2.57 bits per heavy atom. The van der Waals surface area contributed by atoms with Gasteiger partial charge in [0.15, 0.2) is 5.76 Å². The fourth-order valence-corrected chi connectivity index (χ4v) is 2.92. The molecule has 28 heavy (non-hydrogen) atoms. The van der Waals surface area contributed by atoms with Crippen molar-refractivity contribution in [2.45, 2.75) is 6.61 Å². The van der Waals surface area contributed by atoms with Gasteiger partial charge >= 0.3 is 0 Å². The minimum atomic E-state index is -0.367. The molecule has 0 radical (unpaired) electrons. The van der Waals surface area contributed by atoms with Crippen LogP contribution < -0.4 is 9.47 Å². The third-order valence-corrected chi connectivity index (χ3v) is 4.41. The lowest BCUT2D eigenvalue weighted by Gasteiger charge is -2.07. The number of rotatable bonds is 5. The summed E-state index contributed by atoms with van der Waals surface area (Å²) in [5.74, 6) is 0.608. The van der Waals surface area contributed by atoms with E-state index in [9.17, 15) is 9.18 Å². The predicted molar refractivity (Wildman–Crippen MR) is 107 cm³/mol. The van der Waals surface area contributed by atoms with E-state index >= 15 is 0 Å². The molecular formula is C24H17FO3. The molecule has 0 atom stereocenters. The second-order valence-electron chi connectivity index (χ2n) is 6.39. The van der Waals surface area contributed by atoms with Gasteiger partial charge in [-0.1, -0.05) is 49.1 Å². The molecule has 0 spiro atoms. The zero-order valence-corrected chi connectivity index (χ0v) is 15.0. The van der Waals surface area contributed by atoms with Crippen molar-refractivity contribution in [1.82, 2.24) is 0 Å². The monoisotopic (exact) mass is 372 g/mol. The van der Waals surface area contributed by atoms with Crippen molar-refractivity contribution in [3.8, 4) is 11.5 Å². The Kier molecular flexibility index (Phi) is 4.77. The first-order chi connectivity index (χ1) is 13.6. The largest absolute Gasteiger partial charge is 0.489 e. The van der Waals surface area contributed by atoms with Crippen LogP contribution in [0.5, 0.6) is 11.5 Å². The molecule has 4 rings (SSSR count). The molecule has 3 aromatic carbocycles. The quantitative estimate of drug-likeness (QED) is 0.542. The molecule has 0 saturated heterocycles. The molecule has 0 saturated carbocycles. The van der Waals surface area contributed by atoms with Crippen molar-refractivity contribution in [3.05, 3.63) is 107 Å². The van der Waals surface area contributed by atoms with Crippen LogP contribution in [0.15, 0.2) is 79.1 Å². The molecular weight excluding hydrogens is 355 g/mol. The van der Waals surface area contributed by atoms with Crippen LogP contribution in [0.2, 0.25) is 0 Å². The van der Waals surface area contributed by atoms with Crippen molar-refractivity contribution >= 4 is 17.9 Å². The average molecular weight is 372 g/mol. The third-order valence-electron chi connectivity index (χ3n) is 4.41. The number of allylic oxidation sites excluding steroid dienone is 1. The molecule has 4 heteroatoms. The fraction of sp³-hybridized carbons (Fsp3) is 0.0417. The van der Waals surface area contributed by atoms with Gasteiger partial charge in [-0.3, -0.25) is 4.79 Å². The molecule has 0 aliphatic carbocycles. The molecule has 0 unspecified atom stereocenters. The number of hydrogen-bond acceptors (Lipinski definition) is 3. The molecule has 1 aliphatic rings. The molecule has 138 valence electrons. The number of hydrogen-bond donors (Lipinski definition) is 0. The normalized spacial score (nSPS) is 13.9. The molecule has 0 bridgehead atoms. The van der Waals surface area contributed by atoms with Gasteiger partial charge in [0.1, 0.15) is 23.9 Å². The maximum absolute atomic E-state index is 13.3. The SMILES string of the molecule is C=Cc1ccc(COc2ccc3c(c2)OC(=Cc2cccc(F)c2)C3=O)cc1. The van der Waals surface area contributed by atoms with Gasteiger partial charge in [-0.15, -0.1) is 0 Å². The van der Waals surface area contributed by atoms with Crippen LogP contribution in [-0.4, -0.2) is 5.78 Å². The number of carbonyl (C=O) groups is 1. The molecule has 0 N–H and O–H groups in total. The Labute approximate surface area is 162 Å². The van der Waals surface area contributed by atoms with E-state index in [2.05, 4.69) is 6.58 Å². The summed E-state index contributed by atoms with van der Waals surface area (Å²) in [6.45, 7) is 4.13. The first-order valence-electron chi connectivity index (χ1n) is 8.80. The molecule has 3 nitrogen and oxygen atoms in total. The topological polar surface area (TPSA) is 35.5 Å². The van der Waals surface area contributed by atoms with E-state index in [-0.39, 0.29) is 17.4 Å². The Balaban J connectivity index is 1.49. The molecule has 1 heterocycles. The van der Waals surface area contributed by atoms with Gasteiger partial charge in [0, 0.05) is 6.07 Å². The van der Waals surface area contributed by atoms with Crippen LogP contribution in [0.1, 0.15) is 27.0 Å². The average Bonchev–Trinajstić information content (AvgIpc) is 3.01. The smallest absolute Gasteiger partial charge is 0.231 e. The molecule has 1 aliphatic heterocycles. The van der Waals surface area contributed by atoms with Crippen molar-refractivity contribution in [2.75, 3.05) is 0 Å². The van der Waals surface area contributed by atoms with Gasteiger partial charge in [-0.2, -0.15) is 0 Å². The van der Waals surface area contributed by atoms with E-state index in [1.165, 1.54) is 18.2 Å². The van der Waals surface area contributed by atoms with Gasteiger partial charge in [-0.05, 0) is 47.0 Å². The Bertz CT molecular complexity index is 1080. The van der Waals surface area contributed by atoms with Crippen LogP contribution in [0, 0.1) is 5.82 Å². The summed E-state index contributed by atoms with van der Waals surface area (Å²) in [5.41, 5.74) is 3.10. The van der Waals surface area contributed by atoms with E-state index in [0.29, 0.717) is 29.2 Å². The number of benzene rings is 3. The highest BCUT2D eigenvalue weighted by atomic mass is 19.1. The lowest BCUT2D eigenvalue weighted by Crippen LogP contribution is -1.98. The highest BCUT2D eigenvalue weighted by Gasteiger charge is 2.27. The summed E-state index contributed by atoms with van der Waals surface area (Å²) in [6, 6.07) is 19.0. The number of fused-ring (bicyclic) bond motifs is 1. The summed E-state index contributed by atoms with van der Waals surface area (Å²) < 4.78 is 24.8. The number of Topliss-reactive ketones (excluding diaryl/α,β-unsaturated/α-hetero) is 1. The predicted octanol–water partition coefficient (Wildman–Crippen LogP) is 5.66. The molecule has 0 fully saturated rings. The van der Waals surface area contributed by atoms with Crippen molar-refractivity contribution < 1.29 is 18.7 Å². The van der Waals surface area contributed by atoms with E-state index in [1.807, 2.05) is 24.3 Å². The zero-order chi connectivity index (χ0) is 19.5. The number of ketones is 1. The second-order valence-corrected chi connectivity index (χ2v) is 6.39. The standard InChI is InChI=1S/C24H17FO3/c1-2-16-6-8-17(9-7-16)15-27-20-10-11-21-22(14-20)28-23(24(21)26)13-18-4-3-5-19(25)12-18/h2-14H,1,15H2. The summed E-state index contributed by atoms with van der Waals surface area (Å²) >= 11 is 0. The Morgan fingerprint density at radius 2 is 1.82 bits per heavy atom. The van der Waals surface area contributed by atoms with Gasteiger partial charge in [0.2, 0.25) is 5.78 Å². The Morgan fingerprint density at radius 1 is 1.00 bits per heavy atom. The fourth-order valence-electron chi connectivity index (χ4n) is 2.92. The number of carbonyl (C=O) groups excluding carboxylic acids is 1. The molecule has 0 amide bonds. The van der Waals surface area contributed by atoms with Crippen LogP contribution >= 0.6 is 0 Å². The van der Waals surface area contributed by atoms with Crippen molar-refractivity contribution in [3.63, 3.8) is 0 Å². The number of halogens is 1. The minimum absolute atomic E-state index is 0.165. The van der Waals surface area contributed by atoms with Crippen LogP contribution in [0.3, 0.4) is 0 Å². The van der Waals surface area contributed by atoms with E-state index in [1.54, 1.807) is 36.4 Å². The van der Waals surface area contributed by atoms with Crippen LogP contribution in [0.4, 0.5) is 4.39 Å². The Hall–Kier alpha value is -3.66. The maximum atomic E-state index is 13.3. The lowest BCUT2D eigenvalue weighted by molar-refractivity contribution is 0.101. The van der Waals surface area contributed by atoms with E-state index in [4.69, 9.17) is 9.47 Å². The molecule has 0 aromatic heterocycles. The maximum Gasteiger partial charge on any atom is 0.231 e. The van der Waals surface area contributed by atoms with Gasteiger partial charge in [0.25, 0.3) is 0 Å². The highest BCUT2D eigenvalue weighted by molar-refractivity contribution is 6.14. The van der Waals surface area contributed by atoms with Crippen molar-refractivity contribution in [1.29, 1.82) is 0 Å². The highest BCUT2D eigenvalue weighted by Crippen LogP contribution is 2.35. The van der Waals surface area contributed by atoms with Crippen LogP contribution in [-0.2, 0) is 6.61 Å². The summed E-state index contributed by atoms with van der Waals surface area (Å²) in [4.78, 5) is 12.5. The minimum Gasteiger partial charge on any atom is -0.489 e. The first kappa shape index (κ1) is 17.7. The molecule has 3 aromatic rings. The van der Waals surface area contributed by atoms with Gasteiger partial charge < -0.3 is 9.47 Å². The summed E-state index contributed by atoms with van der Waals surface area (Å²) in [7, 11) is 0. The van der Waals surface area contributed by atoms with Crippen LogP contribution in [0.25, 0.3) is 12.2 Å². The van der Waals surface area contributed by atoms with E-state index < -0.39 is 0 Å². The first-order valence-corrected chi connectivity index (χ1v) is 8.80. The van der Waals surface area contributed by atoms with Crippen molar-refractivity contribution in [2.24, 2.45) is 0 Å². The van der Waals surface area contributed by atoms with Gasteiger partial charge in [0.05, 0.1) is 5.56 Å². The summed E-state index contributed by atoms with van der Waals surface area (Å²) in [6.07, 6.45) is 3.32. The third kappa shape index (κ3) is 3.71. The van der Waals surface area contributed by atoms with Gasteiger partial charge in [-0.25, -0.2) is 4.39 Å². The number of ether oxygens (including phenoxy) is 2.